The van der Waals surface area contributed by atoms with Crippen LogP contribution in [0.5, 0.6) is 0 Å². The standard InChI is InChI=1S/C36H35N9O10S2/c1-22(46)24-11-12-26(34(48)39-14-15-41-57(53,54)31-9-4-3-8-30(31)45(51)52)27(19-24)25-7-5-6-23(18-25)10-13-32(47)42-29(21-40-44-37)35(49)43-28(36(50)55-2)20-33-38-16-17-56-33/h3-13,16-19,28-29,41H,14-15,20-21H2,1-2H3,(H,39,48)(H,42,47)(H,43,49)/b13-10+/t28-,29-/m0/s1. The SMILES string of the molecule is COC(=O)[C@H](Cc1nccs1)NC(=O)[C@H](CN=[N+]=[N-])NC(=O)/C=C/c1cccc(-c2cc(C(C)=O)ccc2C(=O)NCCNS(=O)(=O)c2ccccc2[N+](=O)[O-])c1. The molecule has 2 atom stereocenters. The topological polar surface area (TPSA) is 282 Å². The first-order valence-corrected chi connectivity index (χ1v) is 19.1. The molecule has 0 aliphatic carbocycles. The molecule has 1 heterocycles. The quantitative estimate of drug-likeness (QED) is 0.0123. The van der Waals surface area contributed by atoms with E-state index in [0.717, 1.165) is 25.3 Å². The van der Waals surface area contributed by atoms with E-state index in [-0.39, 0.29) is 30.9 Å². The van der Waals surface area contributed by atoms with E-state index in [1.807, 2.05) is 0 Å². The van der Waals surface area contributed by atoms with Gasteiger partial charge in [-0.25, -0.2) is 22.9 Å². The number of methoxy groups -OCH3 is 1. The van der Waals surface area contributed by atoms with Gasteiger partial charge in [0.1, 0.15) is 12.1 Å². The second-order valence-corrected chi connectivity index (χ2v) is 14.6. The molecule has 0 saturated carbocycles. The summed E-state index contributed by atoms with van der Waals surface area (Å²) in [6, 6.07) is 13.3. The molecular formula is C36H35N9O10S2. The van der Waals surface area contributed by atoms with Crippen molar-refractivity contribution < 1.29 is 42.1 Å². The smallest absolute Gasteiger partial charge is 0.328 e. The molecule has 0 unspecified atom stereocenters. The van der Waals surface area contributed by atoms with Crippen LogP contribution in [0.2, 0.25) is 0 Å². The fraction of sp³-hybridized carbons (Fsp3) is 0.222. The summed E-state index contributed by atoms with van der Waals surface area (Å²) in [6.45, 7) is 0.388. The van der Waals surface area contributed by atoms with Crippen LogP contribution in [-0.2, 0) is 35.6 Å². The van der Waals surface area contributed by atoms with Crippen molar-refractivity contribution in [3.05, 3.63) is 127 Å². The number of hydrogen-bond acceptors (Lipinski definition) is 13. The maximum Gasteiger partial charge on any atom is 0.328 e. The van der Waals surface area contributed by atoms with Crippen LogP contribution in [0.25, 0.3) is 27.6 Å². The van der Waals surface area contributed by atoms with E-state index in [9.17, 15) is 42.5 Å². The van der Waals surface area contributed by atoms with Crippen molar-refractivity contribution >= 4 is 62.6 Å². The van der Waals surface area contributed by atoms with E-state index in [1.54, 1.807) is 29.6 Å². The van der Waals surface area contributed by atoms with Crippen molar-refractivity contribution in [2.75, 3.05) is 26.7 Å². The molecule has 4 rings (SSSR count). The Morgan fingerprint density at radius 3 is 2.49 bits per heavy atom. The number of ether oxygens (including phenoxy) is 1. The second-order valence-electron chi connectivity index (χ2n) is 11.8. The van der Waals surface area contributed by atoms with E-state index in [4.69, 9.17) is 10.3 Å². The number of amides is 3. The summed E-state index contributed by atoms with van der Waals surface area (Å²) in [6.07, 6.45) is 4.10. The number of rotatable bonds is 19. The number of ketones is 1. The van der Waals surface area contributed by atoms with Gasteiger partial charge in [0.05, 0.1) is 23.6 Å². The van der Waals surface area contributed by atoms with Gasteiger partial charge in [-0.1, -0.05) is 41.5 Å². The van der Waals surface area contributed by atoms with Crippen molar-refractivity contribution in [1.29, 1.82) is 0 Å². The highest BCUT2D eigenvalue weighted by atomic mass is 32.2. The number of thiazole rings is 1. The number of benzene rings is 3. The van der Waals surface area contributed by atoms with Crippen LogP contribution in [-0.4, -0.2) is 86.6 Å². The lowest BCUT2D eigenvalue weighted by molar-refractivity contribution is -0.387. The molecule has 0 saturated heterocycles. The minimum Gasteiger partial charge on any atom is -0.467 e. The average Bonchev–Trinajstić information content (AvgIpc) is 3.72. The zero-order chi connectivity index (χ0) is 41.5. The Balaban J connectivity index is 1.47. The molecule has 0 fully saturated rings. The summed E-state index contributed by atoms with van der Waals surface area (Å²) in [5.74, 6) is -3.20. The largest absolute Gasteiger partial charge is 0.467 e. The molecule has 0 bridgehead atoms. The Morgan fingerprint density at radius 1 is 1.04 bits per heavy atom. The third-order valence-corrected chi connectivity index (χ3v) is 10.3. The van der Waals surface area contributed by atoms with Gasteiger partial charge in [0.15, 0.2) is 10.7 Å². The zero-order valence-electron chi connectivity index (χ0n) is 30.3. The number of hydrogen-bond donors (Lipinski definition) is 4. The lowest BCUT2D eigenvalue weighted by Gasteiger charge is -2.20. The third kappa shape index (κ3) is 12.1. The monoisotopic (exact) mass is 817 g/mol. The minimum absolute atomic E-state index is 0.0258. The van der Waals surface area contributed by atoms with Crippen LogP contribution in [0.1, 0.15) is 38.2 Å². The Morgan fingerprint density at radius 2 is 1.81 bits per heavy atom. The van der Waals surface area contributed by atoms with Gasteiger partial charge in [0.2, 0.25) is 21.8 Å². The second kappa shape index (κ2) is 20.2. The van der Waals surface area contributed by atoms with Gasteiger partial charge in [-0.05, 0) is 59.5 Å². The molecule has 3 amide bonds. The number of nitro groups is 1. The van der Waals surface area contributed by atoms with Crippen LogP contribution >= 0.6 is 11.3 Å². The van der Waals surface area contributed by atoms with Gasteiger partial charge in [-0.3, -0.25) is 29.3 Å². The first kappa shape index (κ1) is 42.9. The molecule has 0 aliphatic rings. The summed E-state index contributed by atoms with van der Waals surface area (Å²) in [4.78, 5) is 80.9. The normalized spacial score (nSPS) is 12.1. The van der Waals surface area contributed by atoms with E-state index in [2.05, 4.69) is 35.7 Å². The average molecular weight is 818 g/mol. The summed E-state index contributed by atoms with van der Waals surface area (Å²) in [5, 5.41) is 24.5. The van der Waals surface area contributed by atoms with E-state index >= 15 is 0 Å². The Kier molecular flexibility index (Phi) is 15.2. The highest BCUT2D eigenvalue weighted by molar-refractivity contribution is 7.89. The molecule has 1 aromatic heterocycles. The Labute approximate surface area is 329 Å². The molecule has 21 heteroatoms. The van der Waals surface area contributed by atoms with Gasteiger partial charge in [-0.2, -0.15) is 0 Å². The van der Waals surface area contributed by atoms with Gasteiger partial charge in [0.25, 0.3) is 11.6 Å². The highest BCUT2D eigenvalue weighted by Gasteiger charge is 2.28. The highest BCUT2D eigenvalue weighted by Crippen LogP contribution is 2.27. The van der Waals surface area contributed by atoms with Crippen molar-refractivity contribution in [3.63, 3.8) is 0 Å². The fourth-order valence-corrected chi connectivity index (χ4v) is 7.09. The number of carbonyl (C=O) groups is 5. The number of para-hydroxylation sites is 1. The Bertz CT molecular complexity index is 2350. The number of aromatic nitrogens is 1. The molecule has 0 radical (unpaired) electrons. The molecule has 0 spiro atoms. The number of nitro benzene ring substituents is 1. The Hall–Kier alpha value is -6.80. The molecular weight excluding hydrogens is 783 g/mol. The molecule has 19 nitrogen and oxygen atoms in total. The van der Waals surface area contributed by atoms with Crippen LogP contribution in [0, 0.1) is 10.1 Å². The van der Waals surface area contributed by atoms with Crippen LogP contribution in [0.3, 0.4) is 0 Å². The number of nitrogens with one attached hydrogen (secondary N) is 4. The lowest BCUT2D eigenvalue weighted by Crippen LogP contribution is -2.53. The minimum atomic E-state index is -4.29. The van der Waals surface area contributed by atoms with Crippen molar-refractivity contribution in [2.45, 2.75) is 30.3 Å². The maximum absolute atomic E-state index is 13.4. The van der Waals surface area contributed by atoms with Crippen molar-refractivity contribution in [3.8, 4) is 11.1 Å². The van der Waals surface area contributed by atoms with Crippen LogP contribution < -0.4 is 20.7 Å². The zero-order valence-corrected chi connectivity index (χ0v) is 31.9. The number of Topliss-reactive ketones (excluding diaryl/α,β-unsaturated/α-hetero) is 1. The maximum atomic E-state index is 13.4. The van der Waals surface area contributed by atoms with E-state index in [0.29, 0.717) is 27.3 Å². The number of sulfonamides is 1. The lowest BCUT2D eigenvalue weighted by atomic mass is 9.94. The van der Waals surface area contributed by atoms with Gasteiger partial charge < -0.3 is 20.7 Å². The summed E-state index contributed by atoms with van der Waals surface area (Å²) < 4.78 is 32.5. The summed E-state index contributed by atoms with van der Waals surface area (Å²) >= 11 is 1.26. The van der Waals surface area contributed by atoms with Gasteiger partial charge in [0, 0.05) is 59.3 Å². The van der Waals surface area contributed by atoms with Crippen molar-refractivity contribution in [1.82, 2.24) is 25.7 Å². The molecule has 296 valence electrons. The predicted molar refractivity (Wildman–Crippen MR) is 207 cm³/mol. The summed E-state index contributed by atoms with van der Waals surface area (Å²) in [5.41, 5.74) is 9.96. The fourth-order valence-electron chi connectivity index (χ4n) is 5.22. The van der Waals surface area contributed by atoms with E-state index in [1.165, 1.54) is 60.9 Å². The van der Waals surface area contributed by atoms with Gasteiger partial charge >= 0.3 is 5.97 Å². The predicted octanol–water partition coefficient (Wildman–Crippen LogP) is 3.34. The molecule has 4 aromatic rings. The molecule has 0 aliphatic heterocycles. The first-order chi connectivity index (χ1) is 27.2. The molecule has 57 heavy (non-hydrogen) atoms. The number of azide groups is 1. The van der Waals surface area contributed by atoms with Gasteiger partial charge in [-0.15, -0.1) is 11.3 Å². The first-order valence-electron chi connectivity index (χ1n) is 16.8. The number of esters is 1. The number of nitrogens with zero attached hydrogens (tertiary/aromatic N) is 5. The summed E-state index contributed by atoms with van der Waals surface area (Å²) in [7, 11) is -3.13. The molecule has 4 N–H and O–H groups in total. The third-order valence-electron chi connectivity index (χ3n) is 7.97. The van der Waals surface area contributed by atoms with Crippen LogP contribution in [0.4, 0.5) is 5.69 Å². The van der Waals surface area contributed by atoms with E-state index < -0.39 is 67.8 Å². The number of carbonyl (C=O) groups excluding carboxylic acids is 5. The molecule has 3 aromatic carbocycles. The van der Waals surface area contributed by atoms with Crippen molar-refractivity contribution in [2.24, 2.45) is 5.11 Å². The van der Waals surface area contributed by atoms with Crippen LogP contribution in [0.15, 0.2) is 94.4 Å².